The average molecular weight is 214 g/mol. The molecule has 16 heavy (non-hydrogen) atoms. The van der Waals surface area contributed by atoms with Crippen LogP contribution in [0.15, 0.2) is 42.7 Å². The van der Waals surface area contributed by atoms with Crippen LogP contribution in [-0.4, -0.2) is 20.5 Å². The van der Waals surface area contributed by atoms with E-state index in [1.165, 1.54) is 0 Å². The summed E-state index contributed by atoms with van der Waals surface area (Å²) < 4.78 is 1.85. The number of nitrogens with zero attached hydrogens (tertiary/aromatic N) is 2. The van der Waals surface area contributed by atoms with Crippen molar-refractivity contribution in [3.63, 3.8) is 0 Å². The summed E-state index contributed by atoms with van der Waals surface area (Å²) in [5.74, 6) is 0. The van der Waals surface area contributed by atoms with Crippen LogP contribution in [0.5, 0.6) is 0 Å². The third-order valence-corrected chi connectivity index (χ3v) is 3.02. The van der Waals surface area contributed by atoms with E-state index in [1.54, 1.807) is 0 Å². The first-order chi connectivity index (χ1) is 7.75. The van der Waals surface area contributed by atoms with Crippen molar-refractivity contribution in [1.82, 2.24) is 9.78 Å². The maximum absolute atomic E-state index is 9.82. The molecule has 0 spiro atoms. The van der Waals surface area contributed by atoms with E-state index in [4.69, 9.17) is 0 Å². The van der Waals surface area contributed by atoms with Gasteiger partial charge in [0.25, 0.3) is 0 Å². The van der Waals surface area contributed by atoms with Gasteiger partial charge in [-0.15, -0.1) is 0 Å². The number of rotatable bonds is 3. The van der Waals surface area contributed by atoms with Crippen molar-refractivity contribution in [2.24, 2.45) is 0 Å². The van der Waals surface area contributed by atoms with E-state index >= 15 is 0 Å². The van der Waals surface area contributed by atoms with Crippen LogP contribution >= 0.6 is 0 Å². The van der Waals surface area contributed by atoms with Gasteiger partial charge in [0.2, 0.25) is 0 Å². The van der Waals surface area contributed by atoms with Crippen molar-refractivity contribution < 1.29 is 5.11 Å². The normalized spacial score (nSPS) is 17.3. The molecule has 82 valence electrons. The molecule has 0 saturated heterocycles. The van der Waals surface area contributed by atoms with Gasteiger partial charge in [-0.1, -0.05) is 18.2 Å². The van der Waals surface area contributed by atoms with E-state index in [1.807, 2.05) is 47.4 Å². The smallest absolute Gasteiger partial charge is 0.0691 e. The number of aliphatic hydroxyl groups is 1. The molecule has 0 atom stereocenters. The lowest BCUT2D eigenvalue weighted by atomic mass is 10.1. The summed E-state index contributed by atoms with van der Waals surface area (Å²) in [5, 5.41) is 14.1. The van der Waals surface area contributed by atoms with Crippen LogP contribution in [0.3, 0.4) is 0 Å². The molecular formula is C13H14N2O. The van der Waals surface area contributed by atoms with Crippen LogP contribution in [0.1, 0.15) is 18.4 Å². The molecule has 0 unspecified atom stereocenters. The molecule has 0 aliphatic heterocycles. The van der Waals surface area contributed by atoms with Gasteiger partial charge in [-0.25, -0.2) is 4.68 Å². The maximum Gasteiger partial charge on any atom is 0.0691 e. The topological polar surface area (TPSA) is 38.1 Å². The van der Waals surface area contributed by atoms with Crippen molar-refractivity contribution in [3.05, 3.63) is 48.3 Å². The molecule has 3 heteroatoms. The highest BCUT2D eigenvalue weighted by molar-refractivity contribution is 5.31. The van der Waals surface area contributed by atoms with E-state index in [0.717, 1.165) is 30.5 Å². The summed E-state index contributed by atoms with van der Waals surface area (Å²) in [6.07, 6.45) is 6.39. The van der Waals surface area contributed by atoms with Crippen molar-refractivity contribution >= 4 is 0 Å². The first kappa shape index (κ1) is 9.60. The largest absolute Gasteiger partial charge is 0.390 e. The monoisotopic (exact) mass is 214 g/mol. The molecule has 0 radical (unpaired) electrons. The molecular weight excluding hydrogens is 200 g/mol. The zero-order chi connectivity index (χ0) is 11.0. The summed E-state index contributed by atoms with van der Waals surface area (Å²) in [5.41, 5.74) is 1.71. The Hall–Kier alpha value is -1.61. The molecule has 1 aliphatic rings. The molecule has 3 rings (SSSR count). The highest BCUT2D eigenvalue weighted by Crippen LogP contribution is 2.38. The third kappa shape index (κ3) is 1.86. The second-order valence-corrected chi connectivity index (χ2v) is 4.53. The Kier molecular flexibility index (Phi) is 2.07. The highest BCUT2D eigenvalue weighted by Gasteiger charge is 2.40. The van der Waals surface area contributed by atoms with Crippen LogP contribution in [0, 0.1) is 0 Å². The van der Waals surface area contributed by atoms with Crippen LogP contribution in [0.4, 0.5) is 0 Å². The zero-order valence-electron chi connectivity index (χ0n) is 9.00. The third-order valence-electron chi connectivity index (χ3n) is 3.02. The Morgan fingerprint density at radius 3 is 2.69 bits per heavy atom. The fourth-order valence-corrected chi connectivity index (χ4v) is 1.87. The van der Waals surface area contributed by atoms with Crippen LogP contribution < -0.4 is 0 Å². The Balaban J connectivity index is 1.82. The lowest BCUT2D eigenvalue weighted by Gasteiger charge is -2.03. The summed E-state index contributed by atoms with van der Waals surface area (Å²) in [4.78, 5) is 0. The maximum atomic E-state index is 9.82. The second kappa shape index (κ2) is 3.46. The summed E-state index contributed by atoms with van der Waals surface area (Å²) in [6.45, 7) is 0. The van der Waals surface area contributed by atoms with Gasteiger partial charge in [0.1, 0.15) is 0 Å². The molecule has 1 aliphatic carbocycles. The second-order valence-electron chi connectivity index (χ2n) is 4.53. The van der Waals surface area contributed by atoms with Crippen molar-refractivity contribution in [2.45, 2.75) is 24.9 Å². The Morgan fingerprint density at radius 2 is 2.00 bits per heavy atom. The van der Waals surface area contributed by atoms with E-state index in [0.29, 0.717) is 0 Å². The Morgan fingerprint density at radius 1 is 1.25 bits per heavy atom. The molecule has 0 amide bonds. The zero-order valence-corrected chi connectivity index (χ0v) is 9.00. The summed E-state index contributed by atoms with van der Waals surface area (Å²) in [7, 11) is 0. The summed E-state index contributed by atoms with van der Waals surface area (Å²) in [6, 6.07) is 10.0. The van der Waals surface area contributed by atoms with Crippen molar-refractivity contribution in [2.75, 3.05) is 0 Å². The van der Waals surface area contributed by atoms with Gasteiger partial charge >= 0.3 is 0 Å². The lowest BCUT2D eigenvalue weighted by Crippen LogP contribution is -2.09. The fourth-order valence-electron chi connectivity index (χ4n) is 1.87. The number of para-hydroxylation sites is 1. The average Bonchev–Trinajstić information content (AvgIpc) is 2.86. The van der Waals surface area contributed by atoms with Gasteiger partial charge in [-0.05, 0) is 30.5 Å². The Labute approximate surface area is 94.3 Å². The predicted octanol–water partition coefficient (Wildman–Crippen LogP) is 1.94. The van der Waals surface area contributed by atoms with Crippen molar-refractivity contribution in [1.29, 1.82) is 0 Å². The van der Waals surface area contributed by atoms with E-state index in [-0.39, 0.29) is 0 Å². The fraction of sp³-hybridized carbons (Fsp3) is 0.308. The molecule has 1 saturated carbocycles. The number of aromatic nitrogens is 2. The van der Waals surface area contributed by atoms with Crippen LogP contribution in [0.2, 0.25) is 0 Å². The van der Waals surface area contributed by atoms with Gasteiger partial charge in [-0.2, -0.15) is 5.10 Å². The highest BCUT2D eigenvalue weighted by atomic mass is 16.3. The predicted molar refractivity (Wildman–Crippen MR) is 61.5 cm³/mol. The molecule has 0 bridgehead atoms. The summed E-state index contributed by atoms with van der Waals surface area (Å²) >= 11 is 0. The molecule has 1 aromatic heterocycles. The van der Waals surface area contributed by atoms with E-state index in [9.17, 15) is 5.11 Å². The minimum Gasteiger partial charge on any atom is -0.390 e. The molecule has 3 nitrogen and oxygen atoms in total. The molecule has 1 N–H and O–H groups in total. The molecule has 1 fully saturated rings. The van der Waals surface area contributed by atoms with Crippen LogP contribution in [-0.2, 0) is 6.42 Å². The molecule has 2 aromatic rings. The van der Waals surface area contributed by atoms with E-state index in [2.05, 4.69) is 5.10 Å². The number of hydrogen-bond acceptors (Lipinski definition) is 2. The van der Waals surface area contributed by atoms with Gasteiger partial charge in [0.15, 0.2) is 0 Å². The van der Waals surface area contributed by atoms with E-state index < -0.39 is 5.60 Å². The minimum absolute atomic E-state index is 0.440. The standard InChI is InChI=1S/C13H14N2O/c16-13(6-7-13)8-11-9-14-15(10-11)12-4-2-1-3-5-12/h1-5,9-10,16H,6-8H2. The number of benzene rings is 1. The first-order valence-corrected chi connectivity index (χ1v) is 5.57. The van der Waals surface area contributed by atoms with Gasteiger partial charge < -0.3 is 5.11 Å². The van der Waals surface area contributed by atoms with Gasteiger partial charge in [-0.3, -0.25) is 0 Å². The van der Waals surface area contributed by atoms with Gasteiger partial charge in [0.05, 0.1) is 17.5 Å². The Bertz CT molecular complexity index is 486. The minimum atomic E-state index is -0.440. The van der Waals surface area contributed by atoms with Crippen LogP contribution in [0.25, 0.3) is 5.69 Å². The SMILES string of the molecule is OC1(Cc2cnn(-c3ccccc3)c2)CC1. The first-order valence-electron chi connectivity index (χ1n) is 5.57. The molecule has 1 aromatic carbocycles. The quantitative estimate of drug-likeness (QED) is 0.848. The molecule has 1 heterocycles. The lowest BCUT2D eigenvalue weighted by molar-refractivity contribution is 0.151. The van der Waals surface area contributed by atoms with Gasteiger partial charge in [0, 0.05) is 12.6 Å². The van der Waals surface area contributed by atoms with Crippen molar-refractivity contribution in [3.8, 4) is 5.69 Å². The number of hydrogen-bond donors (Lipinski definition) is 1.